The van der Waals surface area contributed by atoms with Crippen molar-refractivity contribution in [1.29, 1.82) is 0 Å². The Hall–Kier alpha value is -3.20. The molecule has 0 unspecified atom stereocenters. The molecule has 1 aromatic heterocycles. The van der Waals surface area contributed by atoms with Crippen molar-refractivity contribution < 1.29 is 9.50 Å². The SMILES string of the molecule is CN(C)C1CN(c2nc(N3C[C@H]4CNC[C@@H]4C3)c3cc(Cl)c(-c4cc(O)cc5ccccc45)c(F)c3n2)C1. The van der Waals surface area contributed by atoms with Crippen LogP contribution in [0, 0.1) is 17.7 Å². The number of rotatable bonds is 4. The summed E-state index contributed by atoms with van der Waals surface area (Å²) < 4.78 is 16.6. The maximum absolute atomic E-state index is 16.6. The maximum Gasteiger partial charge on any atom is 0.228 e. The molecular formula is C29H30ClFN6O. The summed E-state index contributed by atoms with van der Waals surface area (Å²) in [5, 5.41) is 16.5. The molecule has 0 radical (unpaired) electrons. The Balaban J connectivity index is 1.42. The fourth-order valence-corrected chi connectivity index (χ4v) is 6.57. The van der Waals surface area contributed by atoms with E-state index in [1.54, 1.807) is 18.2 Å². The van der Waals surface area contributed by atoms with Crippen LogP contribution in [0.15, 0.2) is 42.5 Å². The highest BCUT2D eigenvalue weighted by atomic mass is 35.5. The lowest BCUT2D eigenvalue weighted by Crippen LogP contribution is -2.58. The van der Waals surface area contributed by atoms with Gasteiger partial charge in [0, 0.05) is 56.3 Å². The van der Waals surface area contributed by atoms with Gasteiger partial charge in [-0.25, -0.2) is 9.37 Å². The van der Waals surface area contributed by atoms with Gasteiger partial charge in [0.1, 0.15) is 17.1 Å². The number of aromatic nitrogens is 2. The molecular weight excluding hydrogens is 503 g/mol. The Morgan fingerprint density at radius 3 is 2.45 bits per heavy atom. The zero-order chi connectivity index (χ0) is 26.1. The Morgan fingerprint density at radius 1 is 0.974 bits per heavy atom. The Bertz CT molecular complexity index is 1560. The highest BCUT2D eigenvalue weighted by Crippen LogP contribution is 2.43. The van der Waals surface area contributed by atoms with E-state index in [2.05, 4.69) is 34.1 Å². The second kappa shape index (κ2) is 8.93. The summed E-state index contributed by atoms with van der Waals surface area (Å²) in [4.78, 5) is 16.4. The number of hydrogen-bond donors (Lipinski definition) is 2. The Kier molecular flexibility index (Phi) is 5.61. The van der Waals surface area contributed by atoms with Gasteiger partial charge in [0.25, 0.3) is 0 Å². The predicted octanol–water partition coefficient (Wildman–Crippen LogP) is 4.35. The largest absolute Gasteiger partial charge is 0.508 e. The molecule has 196 valence electrons. The van der Waals surface area contributed by atoms with Gasteiger partial charge in [-0.15, -0.1) is 0 Å². The van der Waals surface area contributed by atoms with Gasteiger partial charge in [-0.05, 0) is 60.5 Å². The molecule has 0 bridgehead atoms. The van der Waals surface area contributed by atoms with Gasteiger partial charge in [0.05, 0.1) is 5.02 Å². The molecule has 7 nitrogen and oxygen atoms in total. The minimum absolute atomic E-state index is 0.0610. The first-order chi connectivity index (χ1) is 18.4. The normalized spacial score (nSPS) is 21.6. The third-order valence-corrected chi connectivity index (χ3v) is 8.83. The summed E-state index contributed by atoms with van der Waals surface area (Å²) in [5.41, 5.74) is 1.06. The summed E-state index contributed by atoms with van der Waals surface area (Å²) in [6, 6.07) is 13.1. The lowest BCUT2D eigenvalue weighted by Gasteiger charge is -2.43. The molecule has 0 amide bonds. The summed E-state index contributed by atoms with van der Waals surface area (Å²) >= 11 is 6.84. The van der Waals surface area contributed by atoms with E-state index in [0.29, 0.717) is 34.8 Å². The van der Waals surface area contributed by atoms with E-state index in [1.165, 1.54) is 0 Å². The fourth-order valence-electron chi connectivity index (χ4n) is 6.27. The topological polar surface area (TPSA) is 67.8 Å². The van der Waals surface area contributed by atoms with E-state index in [-0.39, 0.29) is 21.9 Å². The summed E-state index contributed by atoms with van der Waals surface area (Å²) in [6.07, 6.45) is 0. The van der Waals surface area contributed by atoms with E-state index >= 15 is 4.39 Å². The van der Waals surface area contributed by atoms with Crippen molar-refractivity contribution in [1.82, 2.24) is 20.2 Å². The van der Waals surface area contributed by atoms with Gasteiger partial charge in [-0.3, -0.25) is 0 Å². The molecule has 2 atom stereocenters. The Morgan fingerprint density at radius 2 is 1.71 bits per heavy atom. The molecule has 3 saturated heterocycles. The average Bonchev–Trinajstić information content (AvgIpc) is 3.45. The maximum atomic E-state index is 16.6. The van der Waals surface area contributed by atoms with E-state index in [1.807, 2.05) is 24.3 Å². The minimum atomic E-state index is -0.487. The van der Waals surface area contributed by atoms with Crippen LogP contribution < -0.4 is 15.1 Å². The van der Waals surface area contributed by atoms with E-state index in [4.69, 9.17) is 21.6 Å². The number of aromatic hydroxyl groups is 1. The van der Waals surface area contributed by atoms with Crippen LogP contribution in [0.1, 0.15) is 0 Å². The molecule has 3 aliphatic rings. The molecule has 4 aromatic rings. The van der Waals surface area contributed by atoms with E-state index < -0.39 is 5.82 Å². The van der Waals surface area contributed by atoms with Crippen molar-refractivity contribution in [3.8, 4) is 16.9 Å². The molecule has 0 aliphatic carbocycles. The minimum Gasteiger partial charge on any atom is -0.508 e. The first-order valence-electron chi connectivity index (χ1n) is 13.2. The third-order valence-electron chi connectivity index (χ3n) is 8.53. The standard InChI is InChI=1S/C29H30ClFN6O/c1-35(2)19-14-37(15-19)29-33-27-23(28(34-29)36-12-17-10-32-11-18(17)13-36)9-24(30)25(26(27)31)22-8-20(38)7-16-5-3-4-6-21(16)22/h3-9,17-19,32,38H,10-15H2,1-2H3/t17-,18-/m1/s1. The summed E-state index contributed by atoms with van der Waals surface area (Å²) in [7, 11) is 4.14. The number of anilines is 2. The van der Waals surface area contributed by atoms with Crippen LogP contribution in [0.2, 0.25) is 5.02 Å². The number of benzene rings is 3. The number of phenolic OH excluding ortho intramolecular Hbond substituents is 1. The molecule has 0 saturated carbocycles. The van der Waals surface area contributed by atoms with Gasteiger partial charge >= 0.3 is 0 Å². The van der Waals surface area contributed by atoms with Crippen LogP contribution in [0.25, 0.3) is 32.8 Å². The zero-order valence-corrected chi connectivity index (χ0v) is 22.2. The van der Waals surface area contributed by atoms with Crippen LogP contribution in [0.5, 0.6) is 5.75 Å². The molecule has 2 N–H and O–H groups in total. The zero-order valence-electron chi connectivity index (χ0n) is 21.5. The van der Waals surface area contributed by atoms with Gasteiger partial charge in [-0.1, -0.05) is 35.9 Å². The number of nitrogens with one attached hydrogen (secondary N) is 1. The third kappa shape index (κ3) is 3.77. The second-order valence-electron chi connectivity index (χ2n) is 11.1. The van der Waals surface area contributed by atoms with Gasteiger partial charge < -0.3 is 25.1 Å². The molecule has 4 heterocycles. The average molecular weight is 533 g/mol. The second-order valence-corrected chi connectivity index (χ2v) is 11.5. The molecule has 9 heteroatoms. The van der Waals surface area contributed by atoms with E-state index in [9.17, 15) is 5.11 Å². The lowest BCUT2D eigenvalue weighted by molar-refractivity contribution is 0.245. The van der Waals surface area contributed by atoms with Crippen molar-refractivity contribution in [2.24, 2.45) is 11.8 Å². The molecule has 0 spiro atoms. The van der Waals surface area contributed by atoms with Crippen molar-refractivity contribution in [3.05, 3.63) is 53.3 Å². The van der Waals surface area contributed by atoms with Crippen molar-refractivity contribution in [3.63, 3.8) is 0 Å². The fraction of sp³-hybridized carbons (Fsp3) is 0.379. The van der Waals surface area contributed by atoms with Gasteiger partial charge in [-0.2, -0.15) is 4.98 Å². The number of fused-ring (bicyclic) bond motifs is 3. The first kappa shape index (κ1) is 23.9. The summed E-state index contributed by atoms with van der Waals surface area (Å²) in [6.45, 7) is 5.34. The smallest absolute Gasteiger partial charge is 0.228 e. The van der Waals surface area contributed by atoms with Crippen LogP contribution in [0.4, 0.5) is 16.2 Å². The monoisotopic (exact) mass is 532 g/mol. The van der Waals surface area contributed by atoms with Gasteiger partial charge in [0.15, 0.2) is 5.82 Å². The lowest BCUT2D eigenvalue weighted by atomic mass is 9.96. The molecule has 38 heavy (non-hydrogen) atoms. The van der Waals surface area contributed by atoms with Crippen molar-refractivity contribution in [2.45, 2.75) is 6.04 Å². The molecule has 7 rings (SSSR count). The highest BCUT2D eigenvalue weighted by molar-refractivity contribution is 6.35. The van der Waals surface area contributed by atoms with Crippen LogP contribution in [-0.4, -0.2) is 79.4 Å². The molecule has 3 aromatic carbocycles. The van der Waals surface area contributed by atoms with Crippen LogP contribution in [0.3, 0.4) is 0 Å². The van der Waals surface area contributed by atoms with Crippen molar-refractivity contribution >= 4 is 45.0 Å². The van der Waals surface area contributed by atoms with E-state index in [0.717, 1.165) is 55.9 Å². The summed E-state index contributed by atoms with van der Waals surface area (Å²) in [5.74, 6) is 1.99. The van der Waals surface area contributed by atoms with Crippen molar-refractivity contribution in [2.75, 3.05) is 63.2 Å². The number of phenols is 1. The first-order valence-corrected chi connectivity index (χ1v) is 13.5. The number of nitrogens with zero attached hydrogens (tertiary/aromatic N) is 5. The number of hydrogen-bond acceptors (Lipinski definition) is 7. The highest BCUT2D eigenvalue weighted by Gasteiger charge is 2.38. The van der Waals surface area contributed by atoms with Crippen LogP contribution >= 0.6 is 11.6 Å². The predicted molar refractivity (Wildman–Crippen MR) is 151 cm³/mol. The quantitative estimate of drug-likeness (QED) is 0.405. The Labute approximate surface area is 225 Å². The van der Waals surface area contributed by atoms with Gasteiger partial charge in [0.2, 0.25) is 5.95 Å². The van der Waals surface area contributed by atoms with Crippen LogP contribution in [-0.2, 0) is 0 Å². The molecule has 3 aliphatic heterocycles. The molecule has 3 fully saturated rings. The number of halogens is 2. The number of likely N-dealkylation sites (N-methyl/N-ethyl adjacent to an activating group) is 1.